The van der Waals surface area contributed by atoms with Gasteiger partial charge in [0.25, 0.3) is 0 Å². The quantitative estimate of drug-likeness (QED) is 0.930. The molecular formula is C12H10F3N3O. The van der Waals surface area contributed by atoms with Crippen LogP contribution in [0.4, 0.5) is 18.9 Å². The molecule has 2 rings (SSSR count). The molecule has 1 N–H and O–H groups in total. The number of benzene rings is 1. The van der Waals surface area contributed by atoms with Crippen LogP contribution in [0.1, 0.15) is 5.56 Å². The van der Waals surface area contributed by atoms with Gasteiger partial charge in [0.05, 0.1) is 6.33 Å². The molecule has 0 atom stereocenters. The predicted octanol–water partition coefficient (Wildman–Crippen LogP) is 2.43. The van der Waals surface area contributed by atoms with Crippen LogP contribution < -0.4 is 5.32 Å². The number of aromatic nitrogens is 2. The molecule has 19 heavy (non-hydrogen) atoms. The van der Waals surface area contributed by atoms with Crippen LogP contribution in [0.5, 0.6) is 0 Å². The Bertz CT molecular complexity index is 564. The number of halogens is 3. The van der Waals surface area contributed by atoms with E-state index in [9.17, 15) is 18.0 Å². The minimum atomic E-state index is -4.89. The summed E-state index contributed by atoms with van der Waals surface area (Å²) in [4.78, 5) is 14.7. The Morgan fingerprint density at radius 1 is 1.37 bits per heavy atom. The summed E-state index contributed by atoms with van der Waals surface area (Å²) < 4.78 is 38.1. The van der Waals surface area contributed by atoms with E-state index in [2.05, 4.69) is 4.98 Å². The fraction of sp³-hybridized carbons (Fsp3) is 0.167. The van der Waals surface area contributed by atoms with E-state index in [1.807, 2.05) is 5.32 Å². The average molecular weight is 269 g/mol. The lowest BCUT2D eigenvalue weighted by atomic mass is 10.2. The minimum Gasteiger partial charge on any atom is -0.333 e. The van der Waals surface area contributed by atoms with Gasteiger partial charge in [-0.05, 0) is 17.7 Å². The van der Waals surface area contributed by atoms with Gasteiger partial charge >= 0.3 is 12.1 Å². The van der Waals surface area contributed by atoms with Crippen LogP contribution in [-0.2, 0) is 11.3 Å². The number of alkyl halides is 3. The molecule has 1 amide bonds. The van der Waals surface area contributed by atoms with Gasteiger partial charge in [0.1, 0.15) is 0 Å². The molecule has 100 valence electrons. The normalized spacial score (nSPS) is 11.3. The summed E-state index contributed by atoms with van der Waals surface area (Å²) in [7, 11) is 0. The molecule has 7 heteroatoms. The average Bonchev–Trinajstić information content (AvgIpc) is 2.81. The van der Waals surface area contributed by atoms with E-state index in [1.165, 1.54) is 12.1 Å². The lowest BCUT2D eigenvalue weighted by molar-refractivity contribution is -0.167. The van der Waals surface area contributed by atoms with Crippen LogP contribution in [-0.4, -0.2) is 21.6 Å². The van der Waals surface area contributed by atoms with Crippen molar-refractivity contribution in [1.82, 2.24) is 9.55 Å². The van der Waals surface area contributed by atoms with Crippen molar-refractivity contribution in [3.05, 3.63) is 48.5 Å². The summed E-state index contributed by atoms with van der Waals surface area (Å²) in [6.45, 7) is 0.468. The molecule has 0 unspecified atom stereocenters. The van der Waals surface area contributed by atoms with Crippen molar-refractivity contribution >= 4 is 11.6 Å². The maximum absolute atomic E-state index is 12.1. The van der Waals surface area contributed by atoms with Crippen LogP contribution in [0.2, 0.25) is 0 Å². The zero-order valence-electron chi connectivity index (χ0n) is 9.69. The zero-order valence-corrected chi connectivity index (χ0v) is 9.69. The van der Waals surface area contributed by atoms with Gasteiger partial charge in [-0.15, -0.1) is 0 Å². The molecule has 0 radical (unpaired) electrons. The smallest absolute Gasteiger partial charge is 0.333 e. The Labute approximate surface area is 106 Å². The standard InChI is InChI=1S/C12H10F3N3O/c13-12(14,15)11(19)17-10-3-1-2-9(6-10)7-18-5-4-16-8-18/h1-6,8H,7H2,(H,17,19). The highest BCUT2D eigenvalue weighted by atomic mass is 19.4. The van der Waals surface area contributed by atoms with Crippen LogP contribution in [0, 0.1) is 0 Å². The number of carbonyl (C=O) groups excluding carboxylic acids is 1. The molecule has 0 saturated heterocycles. The first-order chi connectivity index (χ1) is 8.95. The van der Waals surface area contributed by atoms with Gasteiger partial charge in [0.2, 0.25) is 0 Å². The first kappa shape index (κ1) is 13.1. The molecule has 0 spiro atoms. The van der Waals surface area contributed by atoms with Crippen LogP contribution in [0.25, 0.3) is 0 Å². The number of anilines is 1. The molecule has 1 heterocycles. The van der Waals surface area contributed by atoms with Gasteiger partial charge in [-0.1, -0.05) is 12.1 Å². The number of nitrogens with one attached hydrogen (secondary N) is 1. The third-order valence-corrected chi connectivity index (χ3v) is 2.37. The van der Waals surface area contributed by atoms with Crippen LogP contribution >= 0.6 is 0 Å². The van der Waals surface area contributed by atoms with Crippen molar-refractivity contribution in [2.75, 3.05) is 5.32 Å². The summed E-state index contributed by atoms with van der Waals surface area (Å²) in [5.74, 6) is -1.98. The predicted molar refractivity (Wildman–Crippen MR) is 62.5 cm³/mol. The van der Waals surface area contributed by atoms with Crippen LogP contribution in [0.15, 0.2) is 43.0 Å². The molecule has 1 aromatic carbocycles. The van der Waals surface area contributed by atoms with Crippen molar-refractivity contribution in [2.24, 2.45) is 0 Å². The minimum absolute atomic E-state index is 0.111. The number of imidazole rings is 1. The summed E-state index contributed by atoms with van der Waals surface area (Å²) in [6.07, 6.45) is 0.0531. The summed E-state index contributed by atoms with van der Waals surface area (Å²) >= 11 is 0. The Morgan fingerprint density at radius 3 is 2.79 bits per heavy atom. The fourth-order valence-corrected chi connectivity index (χ4v) is 1.54. The number of hydrogen-bond acceptors (Lipinski definition) is 2. The second kappa shape index (κ2) is 5.13. The Hall–Kier alpha value is -2.31. The van der Waals surface area contributed by atoms with Crippen molar-refractivity contribution < 1.29 is 18.0 Å². The molecule has 0 fully saturated rings. The molecule has 1 aromatic heterocycles. The fourth-order valence-electron chi connectivity index (χ4n) is 1.54. The monoisotopic (exact) mass is 269 g/mol. The number of nitrogens with zero attached hydrogens (tertiary/aromatic N) is 2. The van der Waals surface area contributed by atoms with E-state index in [0.29, 0.717) is 6.54 Å². The van der Waals surface area contributed by atoms with Gasteiger partial charge in [-0.2, -0.15) is 13.2 Å². The lowest BCUT2D eigenvalue weighted by Gasteiger charge is -2.09. The molecule has 0 aliphatic heterocycles. The summed E-state index contributed by atoms with van der Waals surface area (Å²) in [6, 6.07) is 6.23. The second-order valence-corrected chi connectivity index (χ2v) is 3.89. The SMILES string of the molecule is O=C(Nc1cccc(Cn2ccnc2)c1)C(F)(F)F. The van der Waals surface area contributed by atoms with Gasteiger partial charge in [0.15, 0.2) is 0 Å². The van der Waals surface area contributed by atoms with E-state index in [1.54, 1.807) is 35.4 Å². The third kappa shape index (κ3) is 3.57. The third-order valence-electron chi connectivity index (χ3n) is 2.37. The number of amides is 1. The van der Waals surface area contributed by atoms with E-state index >= 15 is 0 Å². The van der Waals surface area contributed by atoms with E-state index in [0.717, 1.165) is 5.56 Å². The van der Waals surface area contributed by atoms with Crippen molar-refractivity contribution in [2.45, 2.75) is 12.7 Å². The summed E-state index contributed by atoms with van der Waals surface area (Å²) in [5, 5.41) is 1.81. The van der Waals surface area contributed by atoms with Crippen molar-refractivity contribution in [3.8, 4) is 0 Å². The second-order valence-electron chi connectivity index (χ2n) is 3.89. The van der Waals surface area contributed by atoms with E-state index in [4.69, 9.17) is 0 Å². The number of rotatable bonds is 3. The highest BCUT2D eigenvalue weighted by Crippen LogP contribution is 2.19. The summed E-state index contributed by atoms with van der Waals surface area (Å²) in [5.41, 5.74) is 0.873. The molecular weight excluding hydrogens is 259 g/mol. The van der Waals surface area contributed by atoms with Crippen molar-refractivity contribution in [1.29, 1.82) is 0 Å². The topological polar surface area (TPSA) is 46.9 Å². The molecule has 2 aromatic rings. The van der Waals surface area contributed by atoms with Gasteiger partial charge < -0.3 is 9.88 Å². The molecule has 0 aliphatic carbocycles. The first-order valence-electron chi connectivity index (χ1n) is 5.38. The Kier molecular flexibility index (Phi) is 3.55. The number of carbonyl (C=O) groups is 1. The largest absolute Gasteiger partial charge is 0.471 e. The van der Waals surface area contributed by atoms with Gasteiger partial charge in [-0.3, -0.25) is 4.79 Å². The molecule has 0 bridgehead atoms. The van der Waals surface area contributed by atoms with Gasteiger partial charge in [-0.25, -0.2) is 4.98 Å². The lowest BCUT2D eigenvalue weighted by Crippen LogP contribution is -2.29. The maximum atomic E-state index is 12.1. The first-order valence-corrected chi connectivity index (χ1v) is 5.38. The van der Waals surface area contributed by atoms with Gasteiger partial charge in [0, 0.05) is 24.6 Å². The highest BCUT2D eigenvalue weighted by Gasteiger charge is 2.38. The van der Waals surface area contributed by atoms with E-state index in [-0.39, 0.29) is 5.69 Å². The van der Waals surface area contributed by atoms with Crippen LogP contribution in [0.3, 0.4) is 0 Å². The Balaban J connectivity index is 2.09. The maximum Gasteiger partial charge on any atom is 0.471 e. The van der Waals surface area contributed by atoms with Crippen molar-refractivity contribution in [3.63, 3.8) is 0 Å². The Morgan fingerprint density at radius 2 is 2.16 bits per heavy atom. The molecule has 0 aliphatic rings. The number of hydrogen-bond donors (Lipinski definition) is 1. The van der Waals surface area contributed by atoms with E-state index < -0.39 is 12.1 Å². The zero-order chi connectivity index (χ0) is 13.9. The molecule has 0 saturated carbocycles. The molecule has 4 nitrogen and oxygen atoms in total. The highest BCUT2D eigenvalue weighted by molar-refractivity contribution is 5.94.